The first kappa shape index (κ1) is 20.3. The lowest BCUT2D eigenvalue weighted by atomic mass is 10.2. The van der Waals surface area contributed by atoms with Crippen LogP contribution >= 0.6 is 0 Å². The maximum Gasteiger partial charge on any atom is 0.145 e. The third-order valence-electron chi connectivity index (χ3n) is 6.30. The number of hydrogen-bond acceptors (Lipinski definition) is 4. The van der Waals surface area contributed by atoms with E-state index in [0.29, 0.717) is 0 Å². The number of imidazole rings is 2. The minimum Gasteiger partial charge on any atom is -0.299 e. The zero-order chi connectivity index (χ0) is 23.9. The van der Waals surface area contributed by atoms with E-state index in [4.69, 9.17) is 19.9 Å². The lowest BCUT2D eigenvalue weighted by Gasteiger charge is -2.01. The van der Waals surface area contributed by atoms with Gasteiger partial charge in [-0.1, -0.05) is 72.8 Å². The molecule has 0 amide bonds. The Morgan fingerprint density at radius 3 is 1.28 bits per heavy atom. The van der Waals surface area contributed by atoms with Gasteiger partial charge < -0.3 is 0 Å². The number of nitrogens with zero attached hydrogens (tertiary/aromatic N) is 6. The van der Waals surface area contributed by atoms with Crippen LogP contribution in [0.3, 0.4) is 0 Å². The molecule has 6 heteroatoms. The zero-order valence-corrected chi connectivity index (χ0v) is 19.2. The molecular formula is C30H20N6. The molecule has 0 N–H and O–H groups in total. The molecule has 5 aromatic heterocycles. The van der Waals surface area contributed by atoms with E-state index in [-0.39, 0.29) is 0 Å². The first-order chi connectivity index (χ1) is 17.9. The molecular weight excluding hydrogens is 444 g/mol. The Hall–Kier alpha value is -5.10. The van der Waals surface area contributed by atoms with Crippen molar-refractivity contribution < 1.29 is 0 Å². The van der Waals surface area contributed by atoms with Crippen molar-refractivity contribution >= 4 is 11.0 Å². The predicted octanol–water partition coefficient (Wildman–Crippen LogP) is 6.44. The summed E-state index contributed by atoms with van der Waals surface area (Å²) in [6, 6.07) is 32.5. The molecule has 0 unspecified atom stereocenters. The average molecular weight is 465 g/mol. The maximum atomic E-state index is 4.97. The summed E-state index contributed by atoms with van der Waals surface area (Å²) in [5, 5.41) is 0. The second-order valence-electron chi connectivity index (χ2n) is 8.50. The smallest absolute Gasteiger partial charge is 0.145 e. The van der Waals surface area contributed by atoms with Crippen LogP contribution in [-0.4, -0.2) is 28.7 Å². The van der Waals surface area contributed by atoms with Crippen LogP contribution in [0.5, 0.6) is 0 Å². The second-order valence-corrected chi connectivity index (χ2v) is 8.50. The summed E-state index contributed by atoms with van der Waals surface area (Å²) in [5.74, 6) is 1.75. The first-order valence-corrected chi connectivity index (χ1v) is 11.7. The highest BCUT2D eigenvalue weighted by atomic mass is 15.0. The van der Waals surface area contributed by atoms with Gasteiger partial charge in [0.25, 0.3) is 0 Å². The van der Waals surface area contributed by atoms with Crippen molar-refractivity contribution in [1.82, 2.24) is 28.7 Å². The van der Waals surface area contributed by atoms with Crippen LogP contribution in [0, 0.1) is 0 Å². The number of rotatable bonds is 4. The van der Waals surface area contributed by atoms with Gasteiger partial charge in [-0.15, -0.1) is 0 Å². The van der Waals surface area contributed by atoms with Gasteiger partial charge in [-0.05, 0) is 24.3 Å². The van der Waals surface area contributed by atoms with Crippen LogP contribution in [0.25, 0.3) is 56.6 Å². The SMILES string of the molecule is c1ccc(-c2nc(-c3cnc(-c4nc(-c5ccccc5)n5ccccc45)cn3)c3ccccn23)cc1. The van der Waals surface area contributed by atoms with Crippen LogP contribution in [0.15, 0.2) is 122 Å². The molecule has 0 aliphatic rings. The van der Waals surface area contributed by atoms with Gasteiger partial charge in [-0.2, -0.15) is 0 Å². The largest absolute Gasteiger partial charge is 0.299 e. The average Bonchev–Trinajstić information content (AvgIpc) is 3.54. The van der Waals surface area contributed by atoms with Crippen molar-refractivity contribution in [3.63, 3.8) is 0 Å². The molecule has 0 saturated carbocycles. The standard InChI is InChI=1S/C30H20N6/c1-3-11-21(12-4-1)29-33-27(25-15-7-9-17-35(25)29)23-19-32-24(20-31-23)28-26-16-8-10-18-36(26)30(34-28)22-13-5-2-6-14-22/h1-20H. The molecule has 170 valence electrons. The molecule has 7 rings (SSSR count). The summed E-state index contributed by atoms with van der Waals surface area (Å²) in [7, 11) is 0. The van der Waals surface area contributed by atoms with Crippen molar-refractivity contribution in [2.45, 2.75) is 0 Å². The molecule has 0 bridgehead atoms. The number of fused-ring (bicyclic) bond motifs is 2. The van der Waals surface area contributed by atoms with E-state index in [1.165, 1.54) is 0 Å². The van der Waals surface area contributed by atoms with Crippen molar-refractivity contribution in [3.05, 3.63) is 122 Å². The molecule has 0 fully saturated rings. The lowest BCUT2D eigenvalue weighted by molar-refractivity contribution is 1.16. The minimum absolute atomic E-state index is 0.719. The van der Waals surface area contributed by atoms with Gasteiger partial charge in [0.1, 0.15) is 34.4 Å². The maximum absolute atomic E-state index is 4.97. The fourth-order valence-corrected chi connectivity index (χ4v) is 4.61. The summed E-state index contributed by atoms with van der Waals surface area (Å²) in [4.78, 5) is 19.5. The Labute approximate surface area is 207 Å². The van der Waals surface area contributed by atoms with Crippen molar-refractivity contribution in [2.75, 3.05) is 0 Å². The van der Waals surface area contributed by atoms with Crippen molar-refractivity contribution in [2.24, 2.45) is 0 Å². The fourth-order valence-electron chi connectivity index (χ4n) is 4.61. The monoisotopic (exact) mass is 464 g/mol. The van der Waals surface area contributed by atoms with Gasteiger partial charge in [0.2, 0.25) is 0 Å². The van der Waals surface area contributed by atoms with Crippen LogP contribution in [0.4, 0.5) is 0 Å². The van der Waals surface area contributed by atoms with Gasteiger partial charge in [-0.3, -0.25) is 18.8 Å². The summed E-state index contributed by atoms with van der Waals surface area (Å²) in [5.41, 5.74) is 7.10. The fraction of sp³-hybridized carbons (Fsp3) is 0. The minimum atomic E-state index is 0.719. The Balaban J connectivity index is 1.34. The van der Waals surface area contributed by atoms with E-state index in [2.05, 4.69) is 45.2 Å². The molecule has 6 nitrogen and oxygen atoms in total. The highest BCUT2D eigenvalue weighted by Crippen LogP contribution is 2.31. The third-order valence-corrected chi connectivity index (χ3v) is 6.30. The molecule has 2 aromatic carbocycles. The van der Waals surface area contributed by atoms with Gasteiger partial charge in [0.05, 0.1) is 23.4 Å². The summed E-state index contributed by atoms with van der Waals surface area (Å²) in [6.07, 6.45) is 7.63. The van der Waals surface area contributed by atoms with Gasteiger partial charge >= 0.3 is 0 Å². The van der Waals surface area contributed by atoms with E-state index in [9.17, 15) is 0 Å². The van der Waals surface area contributed by atoms with Crippen LogP contribution in [0.1, 0.15) is 0 Å². The van der Waals surface area contributed by atoms with Crippen LogP contribution in [-0.2, 0) is 0 Å². The lowest BCUT2D eigenvalue weighted by Crippen LogP contribution is -1.91. The van der Waals surface area contributed by atoms with E-state index in [0.717, 1.165) is 56.6 Å². The highest BCUT2D eigenvalue weighted by molar-refractivity contribution is 5.82. The molecule has 0 aliphatic carbocycles. The van der Waals surface area contributed by atoms with Gasteiger partial charge in [0, 0.05) is 23.5 Å². The summed E-state index contributed by atoms with van der Waals surface area (Å²) in [6.45, 7) is 0. The highest BCUT2D eigenvalue weighted by Gasteiger charge is 2.18. The van der Waals surface area contributed by atoms with E-state index in [1.807, 2.05) is 73.1 Å². The quantitative estimate of drug-likeness (QED) is 0.301. The van der Waals surface area contributed by atoms with Crippen molar-refractivity contribution in [3.8, 4) is 45.6 Å². The van der Waals surface area contributed by atoms with Crippen LogP contribution in [0.2, 0.25) is 0 Å². The predicted molar refractivity (Wildman–Crippen MR) is 141 cm³/mol. The molecule has 0 spiro atoms. The third kappa shape index (κ3) is 3.27. The summed E-state index contributed by atoms with van der Waals surface area (Å²) < 4.78 is 4.19. The van der Waals surface area contributed by atoms with E-state index >= 15 is 0 Å². The summed E-state index contributed by atoms with van der Waals surface area (Å²) >= 11 is 0. The Morgan fingerprint density at radius 2 is 0.861 bits per heavy atom. The van der Waals surface area contributed by atoms with Crippen LogP contribution < -0.4 is 0 Å². The molecule has 0 radical (unpaired) electrons. The first-order valence-electron chi connectivity index (χ1n) is 11.7. The molecule has 0 saturated heterocycles. The Bertz CT molecular complexity index is 1680. The van der Waals surface area contributed by atoms with Crippen molar-refractivity contribution in [1.29, 1.82) is 0 Å². The van der Waals surface area contributed by atoms with E-state index in [1.54, 1.807) is 12.4 Å². The normalized spacial score (nSPS) is 11.3. The van der Waals surface area contributed by atoms with Gasteiger partial charge in [-0.25, -0.2) is 9.97 Å². The molecule has 7 aromatic rings. The topological polar surface area (TPSA) is 60.4 Å². The number of hydrogen-bond donors (Lipinski definition) is 0. The second kappa shape index (κ2) is 8.29. The Morgan fingerprint density at radius 1 is 0.444 bits per heavy atom. The molecule has 5 heterocycles. The molecule has 36 heavy (non-hydrogen) atoms. The van der Waals surface area contributed by atoms with Gasteiger partial charge in [0.15, 0.2) is 0 Å². The molecule has 0 aliphatic heterocycles. The molecule has 0 atom stereocenters. The number of aromatic nitrogens is 6. The zero-order valence-electron chi connectivity index (χ0n) is 19.2. The van der Waals surface area contributed by atoms with E-state index < -0.39 is 0 Å². The Kier molecular flexibility index (Phi) is 4.67. The number of pyridine rings is 2. The number of benzene rings is 2.